The molecule has 0 radical (unpaired) electrons. The van der Waals surface area contributed by atoms with Crippen LogP contribution in [0.2, 0.25) is 0 Å². The van der Waals surface area contributed by atoms with Crippen molar-refractivity contribution in [2.45, 2.75) is 59.1 Å². The van der Waals surface area contributed by atoms with Crippen LogP contribution < -0.4 is 11.1 Å². The summed E-state index contributed by atoms with van der Waals surface area (Å²) in [6.45, 7) is 10.5. The topological polar surface area (TPSA) is 64.4 Å². The molecular formula is C13H28N2O2. The van der Waals surface area contributed by atoms with E-state index in [0.717, 1.165) is 6.42 Å². The monoisotopic (exact) mass is 244 g/mol. The lowest BCUT2D eigenvalue weighted by molar-refractivity contribution is -0.127. The van der Waals surface area contributed by atoms with E-state index in [1.54, 1.807) is 14.0 Å². The Morgan fingerprint density at radius 1 is 1.35 bits per heavy atom. The van der Waals surface area contributed by atoms with Crippen LogP contribution >= 0.6 is 0 Å². The standard InChI is InChI=1S/C13H28N2O2/c1-7-8-13(5,14)11(16)15-9-10(17-6)12(2,3)4/h10H,7-9,14H2,1-6H3,(H,15,16). The van der Waals surface area contributed by atoms with Crippen LogP contribution in [-0.2, 0) is 9.53 Å². The van der Waals surface area contributed by atoms with Crippen molar-refractivity contribution in [3.63, 3.8) is 0 Å². The number of nitrogens with one attached hydrogen (secondary N) is 1. The van der Waals surface area contributed by atoms with Gasteiger partial charge in [0.1, 0.15) is 0 Å². The normalized spacial score (nSPS) is 17.4. The Hall–Kier alpha value is -0.610. The number of rotatable bonds is 6. The summed E-state index contributed by atoms with van der Waals surface area (Å²) in [5.41, 5.74) is 5.17. The average molecular weight is 244 g/mol. The zero-order valence-corrected chi connectivity index (χ0v) is 12.1. The predicted molar refractivity (Wildman–Crippen MR) is 70.8 cm³/mol. The Balaban J connectivity index is 4.32. The Labute approximate surface area is 105 Å². The second-order valence-electron chi connectivity index (χ2n) is 5.97. The Kier molecular flexibility index (Phi) is 6.13. The van der Waals surface area contributed by atoms with Crippen molar-refractivity contribution in [3.8, 4) is 0 Å². The van der Waals surface area contributed by atoms with Gasteiger partial charge in [0, 0.05) is 13.7 Å². The molecule has 0 aliphatic heterocycles. The van der Waals surface area contributed by atoms with Crippen LogP contribution in [-0.4, -0.2) is 31.2 Å². The van der Waals surface area contributed by atoms with Gasteiger partial charge < -0.3 is 15.8 Å². The number of carbonyl (C=O) groups is 1. The molecule has 0 saturated heterocycles. The zero-order valence-electron chi connectivity index (χ0n) is 12.1. The highest BCUT2D eigenvalue weighted by molar-refractivity contribution is 5.85. The van der Waals surface area contributed by atoms with Crippen LogP contribution in [0.3, 0.4) is 0 Å². The number of nitrogens with two attached hydrogens (primary N) is 1. The summed E-state index contributed by atoms with van der Waals surface area (Å²) >= 11 is 0. The summed E-state index contributed by atoms with van der Waals surface area (Å²) < 4.78 is 5.38. The lowest BCUT2D eigenvalue weighted by atomic mass is 9.88. The number of amides is 1. The van der Waals surface area contributed by atoms with Gasteiger partial charge in [0.15, 0.2) is 0 Å². The third-order valence-corrected chi connectivity index (χ3v) is 2.99. The molecule has 0 aliphatic rings. The van der Waals surface area contributed by atoms with Gasteiger partial charge in [-0.1, -0.05) is 34.1 Å². The van der Waals surface area contributed by atoms with Gasteiger partial charge in [-0.3, -0.25) is 4.79 Å². The molecule has 0 aromatic rings. The van der Waals surface area contributed by atoms with E-state index in [9.17, 15) is 4.79 Å². The minimum absolute atomic E-state index is 0.00220. The molecule has 0 aromatic heterocycles. The van der Waals surface area contributed by atoms with E-state index in [1.807, 2.05) is 6.92 Å². The lowest BCUT2D eigenvalue weighted by Gasteiger charge is -2.31. The van der Waals surface area contributed by atoms with Gasteiger partial charge in [-0.2, -0.15) is 0 Å². The molecule has 0 heterocycles. The van der Waals surface area contributed by atoms with Crippen LogP contribution in [0, 0.1) is 5.41 Å². The maximum atomic E-state index is 11.9. The Bertz CT molecular complexity index is 244. The number of methoxy groups -OCH3 is 1. The first-order valence-electron chi connectivity index (χ1n) is 6.25. The third kappa shape index (κ3) is 5.50. The van der Waals surface area contributed by atoms with Crippen molar-refractivity contribution in [1.29, 1.82) is 0 Å². The van der Waals surface area contributed by atoms with E-state index >= 15 is 0 Å². The maximum Gasteiger partial charge on any atom is 0.239 e. The second-order valence-corrected chi connectivity index (χ2v) is 5.97. The van der Waals surface area contributed by atoms with Crippen molar-refractivity contribution in [1.82, 2.24) is 5.32 Å². The fourth-order valence-corrected chi connectivity index (χ4v) is 1.76. The number of hydrogen-bond donors (Lipinski definition) is 2. The molecule has 17 heavy (non-hydrogen) atoms. The molecule has 0 spiro atoms. The third-order valence-electron chi connectivity index (χ3n) is 2.99. The van der Waals surface area contributed by atoms with Crippen LogP contribution in [0.4, 0.5) is 0 Å². The number of carbonyl (C=O) groups excluding carboxylic acids is 1. The highest BCUT2D eigenvalue weighted by Gasteiger charge is 2.30. The molecule has 4 heteroatoms. The summed E-state index contributed by atoms with van der Waals surface area (Å²) in [4.78, 5) is 11.9. The van der Waals surface area contributed by atoms with Crippen LogP contribution in [0.1, 0.15) is 47.5 Å². The van der Waals surface area contributed by atoms with Crippen molar-refractivity contribution in [2.75, 3.05) is 13.7 Å². The van der Waals surface area contributed by atoms with Gasteiger partial charge in [0.25, 0.3) is 0 Å². The first kappa shape index (κ1) is 16.4. The van der Waals surface area contributed by atoms with Gasteiger partial charge in [-0.15, -0.1) is 0 Å². The fourth-order valence-electron chi connectivity index (χ4n) is 1.76. The van der Waals surface area contributed by atoms with Crippen LogP contribution in [0.5, 0.6) is 0 Å². The smallest absolute Gasteiger partial charge is 0.239 e. The molecule has 0 saturated carbocycles. The van der Waals surface area contributed by atoms with Gasteiger partial charge >= 0.3 is 0 Å². The number of ether oxygens (including phenoxy) is 1. The van der Waals surface area contributed by atoms with Gasteiger partial charge in [-0.25, -0.2) is 0 Å². The van der Waals surface area contributed by atoms with Crippen molar-refractivity contribution >= 4 is 5.91 Å². The molecule has 2 unspecified atom stereocenters. The second kappa shape index (κ2) is 6.36. The summed E-state index contributed by atoms with van der Waals surface area (Å²) in [5, 5.41) is 2.88. The van der Waals surface area contributed by atoms with Gasteiger partial charge in [0.2, 0.25) is 5.91 Å². The lowest BCUT2D eigenvalue weighted by Crippen LogP contribution is -2.54. The van der Waals surface area contributed by atoms with Gasteiger partial charge in [0.05, 0.1) is 11.6 Å². The number of hydrogen-bond acceptors (Lipinski definition) is 3. The molecule has 0 bridgehead atoms. The minimum atomic E-state index is -0.787. The SMILES string of the molecule is CCCC(C)(N)C(=O)NCC(OC)C(C)(C)C. The first-order valence-corrected chi connectivity index (χ1v) is 6.25. The molecule has 3 N–H and O–H groups in total. The molecule has 102 valence electrons. The van der Waals surface area contributed by atoms with Crippen LogP contribution in [0.15, 0.2) is 0 Å². The summed E-state index contributed by atoms with van der Waals surface area (Å²) in [6, 6.07) is 0. The van der Waals surface area contributed by atoms with E-state index in [4.69, 9.17) is 10.5 Å². The van der Waals surface area contributed by atoms with Crippen molar-refractivity contribution in [3.05, 3.63) is 0 Å². The highest BCUT2D eigenvalue weighted by Crippen LogP contribution is 2.21. The highest BCUT2D eigenvalue weighted by atomic mass is 16.5. The largest absolute Gasteiger partial charge is 0.379 e. The van der Waals surface area contributed by atoms with Crippen LogP contribution in [0.25, 0.3) is 0 Å². The molecule has 0 aromatic carbocycles. The Morgan fingerprint density at radius 3 is 2.24 bits per heavy atom. The summed E-state index contributed by atoms with van der Waals surface area (Å²) in [7, 11) is 1.66. The molecule has 0 fully saturated rings. The van der Waals surface area contributed by atoms with E-state index < -0.39 is 5.54 Å². The maximum absolute atomic E-state index is 11.9. The van der Waals surface area contributed by atoms with E-state index in [2.05, 4.69) is 26.1 Å². The van der Waals surface area contributed by atoms with E-state index in [0.29, 0.717) is 13.0 Å². The van der Waals surface area contributed by atoms with E-state index in [-0.39, 0.29) is 17.4 Å². The fraction of sp³-hybridized carbons (Fsp3) is 0.923. The predicted octanol–water partition coefficient (Wildman–Crippen LogP) is 1.68. The minimum Gasteiger partial charge on any atom is -0.379 e. The zero-order chi connectivity index (χ0) is 13.7. The summed E-state index contributed by atoms with van der Waals surface area (Å²) in [6.07, 6.45) is 1.57. The van der Waals surface area contributed by atoms with Gasteiger partial charge in [-0.05, 0) is 18.8 Å². The molecule has 0 rings (SSSR count). The molecule has 4 nitrogen and oxygen atoms in total. The summed E-state index contributed by atoms with van der Waals surface area (Å²) in [5.74, 6) is -0.106. The van der Waals surface area contributed by atoms with Crippen molar-refractivity contribution < 1.29 is 9.53 Å². The Morgan fingerprint density at radius 2 is 1.88 bits per heavy atom. The van der Waals surface area contributed by atoms with Crippen molar-refractivity contribution in [2.24, 2.45) is 11.1 Å². The van der Waals surface area contributed by atoms with E-state index in [1.165, 1.54) is 0 Å². The average Bonchev–Trinajstić information content (AvgIpc) is 2.16. The first-order chi connectivity index (χ1) is 7.65. The molecule has 2 atom stereocenters. The molecule has 1 amide bonds. The molecule has 0 aliphatic carbocycles. The quantitative estimate of drug-likeness (QED) is 0.747. The molecular weight excluding hydrogens is 216 g/mol.